The largest absolute Gasteiger partial charge is 0.297 e. The molecule has 2 N–H and O–H groups in total. The summed E-state index contributed by atoms with van der Waals surface area (Å²) >= 11 is 0. The molecule has 0 aromatic heterocycles. The first kappa shape index (κ1) is 9.47. The van der Waals surface area contributed by atoms with E-state index in [0.717, 1.165) is 12.5 Å². The summed E-state index contributed by atoms with van der Waals surface area (Å²) in [5, 5.41) is 7.49. The highest BCUT2D eigenvalue weighted by molar-refractivity contribution is 5.05. The second-order valence-corrected chi connectivity index (χ2v) is 5.48. The van der Waals surface area contributed by atoms with Crippen molar-refractivity contribution in [2.24, 2.45) is 5.92 Å². The Morgan fingerprint density at radius 2 is 2.00 bits per heavy atom. The highest BCUT2D eigenvalue weighted by Crippen LogP contribution is 2.35. The van der Waals surface area contributed by atoms with Crippen molar-refractivity contribution < 1.29 is 0 Å². The van der Waals surface area contributed by atoms with E-state index < -0.39 is 0 Å². The van der Waals surface area contributed by atoms with Crippen LogP contribution >= 0.6 is 0 Å². The molecule has 13 heavy (non-hydrogen) atoms. The molecule has 0 aromatic rings. The second-order valence-electron chi connectivity index (χ2n) is 5.48. The first-order chi connectivity index (χ1) is 6.04. The van der Waals surface area contributed by atoms with E-state index in [4.69, 9.17) is 0 Å². The van der Waals surface area contributed by atoms with E-state index in [1.54, 1.807) is 0 Å². The van der Waals surface area contributed by atoms with Crippen LogP contribution in [0.15, 0.2) is 0 Å². The van der Waals surface area contributed by atoms with Crippen LogP contribution in [0.1, 0.15) is 46.5 Å². The Labute approximate surface area is 81.5 Å². The monoisotopic (exact) mass is 182 g/mol. The molecule has 2 rings (SSSR count). The topological polar surface area (TPSA) is 24.1 Å². The molecular formula is C11H22N2. The van der Waals surface area contributed by atoms with Crippen molar-refractivity contribution in [2.75, 3.05) is 6.54 Å². The third-order valence-electron chi connectivity index (χ3n) is 3.71. The molecule has 2 fully saturated rings. The molecule has 76 valence electrons. The van der Waals surface area contributed by atoms with Crippen molar-refractivity contribution in [1.29, 1.82) is 0 Å². The van der Waals surface area contributed by atoms with Gasteiger partial charge in [0.1, 0.15) is 0 Å². The Balaban J connectivity index is 2.12. The van der Waals surface area contributed by atoms with Gasteiger partial charge in [0.2, 0.25) is 0 Å². The summed E-state index contributed by atoms with van der Waals surface area (Å²) < 4.78 is 0. The summed E-state index contributed by atoms with van der Waals surface area (Å²) in [7, 11) is 0. The lowest BCUT2D eigenvalue weighted by atomic mass is 9.80. The fraction of sp³-hybridized carbons (Fsp3) is 1.00. The zero-order valence-corrected chi connectivity index (χ0v) is 9.11. The summed E-state index contributed by atoms with van der Waals surface area (Å²) in [6.07, 6.45) is 5.46. The van der Waals surface area contributed by atoms with Gasteiger partial charge in [0.15, 0.2) is 0 Å². The fourth-order valence-corrected chi connectivity index (χ4v) is 2.87. The molecule has 0 radical (unpaired) electrons. The Bertz CT molecular complexity index is 200. The van der Waals surface area contributed by atoms with Gasteiger partial charge in [-0.2, -0.15) is 0 Å². The van der Waals surface area contributed by atoms with Gasteiger partial charge in [0, 0.05) is 12.1 Å². The molecule has 1 saturated heterocycles. The van der Waals surface area contributed by atoms with E-state index in [2.05, 4.69) is 31.4 Å². The van der Waals surface area contributed by atoms with Crippen LogP contribution in [0.5, 0.6) is 0 Å². The Hall–Kier alpha value is -0.0800. The van der Waals surface area contributed by atoms with Crippen molar-refractivity contribution in [3.8, 4) is 0 Å². The van der Waals surface area contributed by atoms with Gasteiger partial charge in [-0.1, -0.05) is 19.8 Å². The average molecular weight is 182 g/mol. The normalized spacial score (nSPS) is 44.1. The number of rotatable bonds is 0. The van der Waals surface area contributed by atoms with Crippen molar-refractivity contribution in [1.82, 2.24) is 10.6 Å². The minimum Gasteiger partial charge on any atom is -0.297 e. The van der Waals surface area contributed by atoms with Crippen LogP contribution in [0, 0.1) is 5.92 Å². The maximum atomic E-state index is 3.78. The van der Waals surface area contributed by atoms with Crippen LogP contribution in [-0.2, 0) is 0 Å². The van der Waals surface area contributed by atoms with Crippen molar-refractivity contribution in [3.63, 3.8) is 0 Å². The van der Waals surface area contributed by atoms with Crippen LogP contribution in [0.3, 0.4) is 0 Å². The average Bonchev–Trinajstić information content (AvgIpc) is 2.35. The number of hydrogen-bond donors (Lipinski definition) is 2. The Morgan fingerprint density at radius 3 is 2.54 bits per heavy atom. The van der Waals surface area contributed by atoms with Gasteiger partial charge < -0.3 is 0 Å². The van der Waals surface area contributed by atoms with Gasteiger partial charge in [-0.15, -0.1) is 0 Å². The van der Waals surface area contributed by atoms with Crippen molar-refractivity contribution >= 4 is 0 Å². The molecule has 1 aliphatic carbocycles. The van der Waals surface area contributed by atoms with Gasteiger partial charge >= 0.3 is 0 Å². The lowest BCUT2D eigenvalue weighted by Crippen LogP contribution is -2.57. The summed E-state index contributed by atoms with van der Waals surface area (Å²) in [5.41, 5.74) is 0.549. The standard InChI is InChI=1S/C11H22N2/c1-9-6-4-5-7-11(9)12-8-10(2,3)13-11/h9,12-13H,4-8H2,1-3H3/t9-,11+/m0/s1. The predicted molar refractivity (Wildman–Crippen MR) is 55.6 cm³/mol. The van der Waals surface area contributed by atoms with Crippen LogP contribution in [0.4, 0.5) is 0 Å². The molecule has 0 bridgehead atoms. The molecule has 1 saturated carbocycles. The quantitative estimate of drug-likeness (QED) is 0.597. The molecule has 1 heterocycles. The van der Waals surface area contributed by atoms with Crippen LogP contribution in [0.25, 0.3) is 0 Å². The molecule has 0 amide bonds. The van der Waals surface area contributed by atoms with Crippen LogP contribution in [0.2, 0.25) is 0 Å². The van der Waals surface area contributed by atoms with Crippen LogP contribution in [-0.4, -0.2) is 17.7 Å². The number of hydrogen-bond acceptors (Lipinski definition) is 2. The smallest absolute Gasteiger partial charge is 0.0718 e. The zero-order valence-electron chi connectivity index (χ0n) is 9.11. The van der Waals surface area contributed by atoms with Gasteiger partial charge in [-0.25, -0.2) is 0 Å². The highest BCUT2D eigenvalue weighted by Gasteiger charge is 2.46. The zero-order chi connectivity index (χ0) is 9.53. The maximum Gasteiger partial charge on any atom is 0.0718 e. The number of nitrogens with one attached hydrogen (secondary N) is 2. The summed E-state index contributed by atoms with van der Waals surface area (Å²) in [6, 6.07) is 0. The van der Waals surface area contributed by atoms with Gasteiger partial charge in [-0.05, 0) is 32.6 Å². The van der Waals surface area contributed by atoms with Gasteiger partial charge in [-0.3, -0.25) is 10.6 Å². The predicted octanol–water partition coefficient (Wildman–Crippen LogP) is 1.86. The SMILES string of the molecule is C[C@H]1CCCC[C@]12NCC(C)(C)N2. The molecular weight excluding hydrogens is 160 g/mol. The first-order valence-electron chi connectivity index (χ1n) is 5.58. The molecule has 0 unspecified atom stereocenters. The van der Waals surface area contributed by atoms with E-state index in [1.807, 2.05) is 0 Å². The minimum atomic E-state index is 0.266. The molecule has 1 spiro atoms. The highest BCUT2D eigenvalue weighted by atomic mass is 15.3. The van der Waals surface area contributed by atoms with Gasteiger partial charge in [0.25, 0.3) is 0 Å². The summed E-state index contributed by atoms with van der Waals surface area (Å²) in [5.74, 6) is 0.781. The Morgan fingerprint density at radius 1 is 1.23 bits per heavy atom. The first-order valence-corrected chi connectivity index (χ1v) is 5.58. The molecule has 2 nitrogen and oxygen atoms in total. The van der Waals surface area contributed by atoms with E-state index in [9.17, 15) is 0 Å². The molecule has 2 aliphatic rings. The lowest BCUT2D eigenvalue weighted by molar-refractivity contribution is 0.141. The third kappa shape index (κ3) is 1.62. The third-order valence-corrected chi connectivity index (χ3v) is 3.71. The minimum absolute atomic E-state index is 0.266. The van der Waals surface area contributed by atoms with E-state index in [0.29, 0.717) is 0 Å². The summed E-state index contributed by atoms with van der Waals surface area (Å²) in [6.45, 7) is 8.06. The van der Waals surface area contributed by atoms with Crippen LogP contribution < -0.4 is 10.6 Å². The molecule has 2 atom stereocenters. The second kappa shape index (κ2) is 2.96. The van der Waals surface area contributed by atoms with E-state index in [1.165, 1.54) is 25.7 Å². The molecule has 0 aromatic carbocycles. The molecule has 1 aliphatic heterocycles. The fourth-order valence-electron chi connectivity index (χ4n) is 2.87. The van der Waals surface area contributed by atoms with Crippen molar-refractivity contribution in [3.05, 3.63) is 0 Å². The van der Waals surface area contributed by atoms with E-state index >= 15 is 0 Å². The Kier molecular flexibility index (Phi) is 2.16. The lowest BCUT2D eigenvalue weighted by Gasteiger charge is -2.41. The van der Waals surface area contributed by atoms with E-state index in [-0.39, 0.29) is 11.2 Å². The summed E-state index contributed by atoms with van der Waals surface area (Å²) in [4.78, 5) is 0. The maximum absolute atomic E-state index is 3.78. The van der Waals surface area contributed by atoms with Gasteiger partial charge in [0.05, 0.1) is 5.66 Å². The van der Waals surface area contributed by atoms with Crippen molar-refractivity contribution in [2.45, 2.75) is 57.7 Å². The molecule has 2 heteroatoms.